The summed E-state index contributed by atoms with van der Waals surface area (Å²) in [5, 5.41) is 3.34. The Morgan fingerprint density at radius 1 is 0.972 bits per heavy atom. The molecule has 4 heterocycles. The molecule has 0 N–H and O–H groups in total. The van der Waals surface area contributed by atoms with Gasteiger partial charge in [-0.2, -0.15) is 18.2 Å². The first-order valence-corrected chi connectivity index (χ1v) is 11.1. The smallest absolute Gasteiger partial charge is 0.353 e. The van der Waals surface area contributed by atoms with Crippen LogP contribution >= 0.6 is 0 Å². The zero-order valence-electron chi connectivity index (χ0n) is 18.7. The molecule has 36 heavy (non-hydrogen) atoms. The summed E-state index contributed by atoms with van der Waals surface area (Å²) in [4.78, 5) is 50.0. The number of fused-ring (bicyclic) bond motifs is 1. The number of amides is 3. The van der Waals surface area contributed by atoms with Crippen molar-refractivity contribution < 1.29 is 32.1 Å². The summed E-state index contributed by atoms with van der Waals surface area (Å²) >= 11 is 0. The van der Waals surface area contributed by atoms with E-state index in [9.17, 15) is 27.6 Å². The lowest BCUT2D eigenvalue weighted by atomic mass is 10.1. The first kappa shape index (κ1) is 23.5. The van der Waals surface area contributed by atoms with Gasteiger partial charge in [0.2, 0.25) is 11.7 Å². The molecule has 2 aliphatic rings. The molecule has 1 aromatic carbocycles. The second-order valence-electron chi connectivity index (χ2n) is 8.25. The van der Waals surface area contributed by atoms with Gasteiger partial charge in [0.15, 0.2) is 0 Å². The van der Waals surface area contributed by atoms with E-state index in [0.717, 1.165) is 4.90 Å². The number of halogens is 3. The number of hydrogen-bond acceptors (Lipinski definition) is 8. The molecule has 5 rings (SSSR count). The average Bonchev–Trinajstić information content (AvgIpc) is 3.48. The molecule has 13 heteroatoms. The molecule has 0 aliphatic carbocycles. The number of piperazine rings is 1. The van der Waals surface area contributed by atoms with E-state index in [4.69, 9.17) is 0 Å². The molecule has 2 aromatic heterocycles. The lowest BCUT2D eigenvalue weighted by Gasteiger charge is -2.35. The predicted octanol–water partition coefficient (Wildman–Crippen LogP) is 2.49. The van der Waals surface area contributed by atoms with E-state index in [-0.39, 0.29) is 30.3 Å². The zero-order chi connectivity index (χ0) is 25.4. The van der Waals surface area contributed by atoms with Gasteiger partial charge >= 0.3 is 12.1 Å². The van der Waals surface area contributed by atoms with Crippen molar-refractivity contribution in [2.75, 3.05) is 37.6 Å². The van der Waals surface area contributed by atoms with E-state index in [1.54, 1.807) is 41.3 Å². The van der Waals surface area contributed by atoms with Crippen molar-refractivity contribution in [3.05, 3.63) is 59.6 Å². The van der Waals surface area contributed by atoms with Crippen LogP contribution < -0.4 is 4.90 Å². The van der Waals surface area contributed by atoms with E-state index in [0.29, 0.717) is 43.1 Å². The van der Waals surface area contributed by atoms with E-state index < -0.39 is 23.9 Å². The fourth-order valence-electron chi connectivity index (χ4n) is 4.15. The van der Waals surface area contributed by atoms with Crippen molar-refractivity contribution in [2.45, 2.75) is 12.6 Å². The van der Waals surface area contributed by atoms with Crippen molar-refractivity contribution in [2.24, 2.45) is 0 Å². The number of anilines is 1. The van der Waals surface area contributed by atoms with Gasteiger partial charge in [-0.25, -0.2) is 4.98 Å². The fourth-order valence-corrected chi connectivity index (χ4v) is 4.15. The quantitative estimate of drug-likeness (QED) is 0.491. The lowest BCUT2D eigenvalue weighted by molar-refractivity contribution is -0.159. The van der Waals surface area contributed by atoms with Crippen molar-refractivity contribution in [3.63, 3.8) is 0 Å². The highest BCUT2D eigenvalue weighted by molar-refractivity contribution is 6.21. The van der Waals surface area contributed by atoms with Crippen LogP contribution in [-0.4, -0.2) is 75.4 Å². The number of carbonyl (C=O) groups excluding carboxylic acids is 3. The molecule has 0 saturated carbocycles. The molecule has 0 bridgehead atoms. The molecule has 1 saturated heterocycles. The molecule has 0 atom stereocenters. The number of nitrogens with zero attached hydrogens (tertiary/aromatic N) is 6. The van der Waals surface area contributed by atoms with Gasteiger partial charge in [0, 0.05) is 50.9 Å². The summed E-state index contributed by atoms with van der Waals surface area (Å²) in [6, 6.07) is 9.76. The number of rotatable bonds is 5. The normalized spacial score (nSPS) is 16.0. The Kier molecular flexibility index (Phi) is 5.90. The SMILES string of the molecule is O=C(CCN1C(=O)c2ccccc2C1=O)N1CCN(c2ccc(-c3noc(C(F)(F)F)n3)cn2)CC1. The average molecular weight is 500 g/mol. The Hall–Kier alpha value is -4.29. The highest BCUT2D eigenvalue weighted by atomic mass is 19.4. The fraction of sp³-hybridized carbons (Fsp3) is 0.304. The number of carbonyl (C=O) groups is 3. The third-order valence-electron chi connectivity index (χ3n) is 6.06. The first-order chi connectivity index (χ1) is 17.2. The maximum absolute atomic E-state index is 12.7. The minimum atomic E-state index is -4.72. The summed E-state index contributed by atoms with van der Waals surface area (Å²) in [7, 11) is 0. The molecular weight excluding hydrogens is 481 g/mol. The van der Waals surface area contributed by atoms with Crippen LogP contribution in [0.5, 0.6) is 0 Å². The number of imide groups is 1. The molecule has 0 radical (unpaired) electrons. The molecule has 10 nitrogen and oxygen atoms in total. The molecule has 1 fully saturated rings. The van der Waals surface area contributed by atoms with Crippen molar-refractivity contribution in [1.82, 2.24) is 24.9 Å². The van der Waals surface area contributed by atoms with Gasteiger partial charge in [0.05, 0.1) is 11.1 Å². The predicted molar refractivity (Wildman–Crippen MR) is 118 cm³/mol. The largest absolute Gasteiger partial charge is 0.471 e. The van der Waals surface area contributed by atoms with Crippen molar-refractivity contribution >= 4 is 23.5 Å². The van der Waals surface area contributed by atoms with E-state index in [1.807, 2.05) is 4.90 Å². The van der Waals surface area contributed by atoms with Crippen LogP contribution in [0.25, 0.3) is 11.4 Å². The van der Waals surface area contributed by atoms with Gasteiger partial charge in [-0.15, -0.1) is 0 Å². The van der Waals surface area contributed by atoms with Crippen LogP contribution in [-0.2, 0) is 11.0 Å². The minimum Gasteiger partial charge on any atom is -0.353 e. The minimum absolute atomic E-state index is 0.0144. The monoisotopic (exact) mass is 500 g/mol. The molecular formula is C23H19F3N6O4. The Balaban J connectivity index is 1.13. The van der Waals surface area contributed by atoms with Crippen LogP contribution in [0.4, 0.5) is 19.0 Å². The summed E-state index contributed by atoms with van der Waals surface area (Å²) in [6.45, 7) is 1.84. The second-order valence-corrected chi connectivity index (χ2v) is 8.25. The number of pyridine rings is 1. The van der Waals surface area contributed by atoms with E-state index >= 15 is 0 Å². The Bertz CT molecular complexity index is 1280. The van der Waals surface area contributed by atoms with Gasteiger partial charge in [-0.1, -0.05) is 17.3 Å². The van der Waals surface area contributed by atoms with Gasteiger partial charge < -0.3 is 14.3 Å². The van der Waals surface area contributed by atoms with Crippen molar-refractivity contribution in [3.8, 4) is 11.4 Å². The second kappa shape index (κ2) is 9.06. The Morgan fingerprint density at radius 2 is 1.64 bits per heavy atom. The standard InChI is InChI=1S/C23H19F3N6O4/c24-23(25,26)22-28-19(29-36-22)14-5-6-17(27-13-14)30-9-11-31(12-10-30)18(33)7-8-32-20(34)15-3-1-2-4-16(15)21(32)35/h1-6,13H,7-12H2. The molecule has 3 amide bonds. The lowest BCUT2D eigenvalue weighted by Crippen LogP contribution is -2.49. The van der Waals surface area contributed by atoms with Gasteiger partial charge in [0.25, 0.3) is 11.8 Å². The van der Waals surface area contributed by atoms with Crippen LogP contribution in [0, 0.1) is 0 Å². The Labute approximate surface area is 202 Å². The third-order valence-corrected chi connectivity index (χ3v) is 6.06. The summed E-state index contributed by atoms with van der Waals surface area (Å²) in [5.74, 6) is -1.99. The maximum atomic E-state index is 12.7. The highest BCUT2D eigenvalue weighted by Gasteiger charge is 2.39. The summed E-state index contributed by atoms with van der Waals surface area (Å²) in [6.07, 6.45) is -3.33. The van der Waals surface area contributed by atoms with E-state index in [2.05, 4.69) is 19.6 Å². The van der Waals surface area contributed by atoms with Crippen molar-refractivity contribution in [1.29, 1.82) is 0 Å². The number of benzene rings is 1. The first-order valence-electron chi connectivity index (χ1n) is 11.1. The maximum Gasteiger partial charge on any atom is 0.471 e. The van der Waals surface area contributed by atoms with Gasteiger partial charge in [0.1, 0.15) is 5.82 Å². The zero-order valence-corrected chi connectivity index (χ0v) is 18.7. The van der Waals surface area contributed by atoms with E-state index in [1.165, 1.54) is 6.20 Å². The molecule has 186 valence electrons. The third kappa shape index (κ3) is 4.39. The molecule has 0 spiro atoms. The number of aromatic nitrogens is 3. The van der Waals surface area contributed by atoms with Crippen LogP contribution in [0.2, 0.25) is 0 Å². The highest BCUT2D eigenvalue weighted by Crippen LogP contribution is 2.29. The molecule has 0 unspecified atom stereocenters. The molecule has 2 aliphatic heterocycles. The van der Waals surface area contributed by atoms with Crippen LogP contribution in [0.3, 0.4) is 0 Å². The van der Waals surface area contributed by atoms with Crippen LogP contribution in [0.1, 0.15) is 33.0 Å². The van der Waals surface area contributed by atoms with Gasteiger partial charge in [-0.3, -0.25) is 19.3 Å². The summed E-state index contributed by atoms with van der Waals surface area (Å²) < 4.78 is 42.2. The number of hydrogen-bond donors (Lipinski definition) is 0. The molecule has 3 aromatic rings. The van der Waals surface area contributed by atoms with Crippen LogP contribution in [0.15, 0.2) is 47.1 Å². The summed E-state index contributed by atoms with van der Waals surface area (Å²) in [5.41, 5.74) is 0.976. The number of alkyl halides is 3. The van der Waals surface area contributed by atoms with Gasteiger partial charge in [-0.05, 0) is 24.3 Å². The Morgan fingerprint density at radius 3 is 2.19 bits per heavy atom. The topological polar surface area (TPSA) is 113 Å².